The number of rotatable bonds is 2. The predicted molar refractivity (Wildman–Crippen MR) is 77.2 cm³/mol. The molecule has 1 aliphatic heterocycles. The van der Waals surface area contributed by atoms with Gasteiger partial charge in [0.2, 0.25) is 0 Å². The lowest BCUT2D eigenvalue weighted by Crippen LogP contribution is -2.44. The second-order valence-corrected chi connectivity index (χ2v) is 6.90. The molecule has 1 aromatic heterocycles. The number of hydrogen-bond acceptors (Lipinski definition) is 3. The third-order valence-corrected chi connectivity index (χ3v) is 5.67. The summed E-state index contributed by atoms with van der Waals surface area (Å²) >= 11 is 1.08. The van der Waals surface area contributed by atoms with Gasteiger partial charge in [0.1, 0.15) is 4.88 Å². The zero-order valence-corrected chi connectivity index (χ0v) is 12.2. The molecular formula is C15H19NO3S. The van der Waals surface area contributed by atoms with Gasteiger partial charge < -0.3 is 10.0 Å². The summed E-state index contributed by atoms with van der Waals surface area (Å²) in [4.78, 5) is 26.1. The molecule has 1 amide bonds. The Labute approximate surface area is 122 Å². The number of amides is 1. The van der Waals surface area contributed by atoms with Crippen LogP contribution < -0.4 is 0 Å². The molecule has 0 bridgehead atoms. The Balaban J connectivity index is 1.69. The molecule has 20 heavy (non-hydrogen) atoms. The van der Waals surface area contributed by atoms with Crippen LogP contribution in [0.25, 0.3) is 0 Å². The van der Waals surface area contributed by atoms with Crippen LogP contribution in [0.1, 0.15) is 51.4 Å². The second kappa shape index (κ2) is 5.56. The summed E-state index contributed by atoms with van der Waals surface area (Å²) < 4.78 is 0. The zero-order chi connectivity index (χ0) is 14.1. The van der Waals surface area contributed by atoms with Gasteiger partial charge >= 0.3 is 5.97 Å². The van der Waals surface area contributed by atoms with E-state index in [1.54, 1.807) is 6.07 Å². The van der Waals surface area contributed by atoms with Crippen LogP contribution in [-0.2, 0) is 0 Å². The molecule has 0 aromatic carbocycles. The summed E-state index contributed by atoms with van der Waals surface area (Å²) in [5.41, 5.74) is 0. The summed E-state index contributed by atoms with van der Waals surface area (Å²) in [5.74, 6) is 0.498. The third-order valence-electron chi connectivity index (χ3n) is 4.61. The number of carbonyl (C=O) groups is 2. The van der Waals surface area contributed by atoms with Crippen molar-refractivity contribution < 1.29 is 14.7 Å². The molecule has 1 aliphatic carbocycles. The highest BCUT2D eigenvalue weighted by molar-refractivity contribution is 7.15. The lowest BCUT2D eigenvalue weighted by Gasteiger charge is -2.41. The second-order valence-electron chi connectivity index (χ2n) is 5.81. The van der Waals surface area contributed by atoms with Gasteiger partial charge in [-0.3, -0.25) is 4.79 Å². The van der Waals surface area contributed by atoms with E-state index >= 15 is 0 Å². The molecule has 0 unspecified atom stereocenters. The monoisotopic (exact) mass is 293 g/mol. The molecule has 1 saturated carbocycles. The SMILES string of the molecule is O=C(O)c1ccc(C(=O)N2CC[C@H]3CCCC[C@@H]3C2)s1. The molecule has 2 heterocycles. The number of carboxylic acids is 1. The van der Waals surface area contributed by atoms with Gasteiger partial charge in [-0.1, -0.05) is 19.3 Å². The smallest absolute Gasteiger partial charge is 0.345 e. The zero-order valence-electron chi connectivity index (χ0n) is 11.4. The number of hydrogen-bond donors (Lipinski definition) is 1. The van der Waals surface area contributed by atoms with Crippen LogP contribution >= 0.6 is 11.3 Å². The standard InChI is InChI=1S/C15H19NO3S/c17-14(12-5-6-13(20-12)15(18)19)16-8-7-10-3-1-2-4-11(10)9-16/h5-6,10-11H,1-4,7-9H2,(H,18,19)/t10-,11-/m1/s1. The van der Waals surface area contributed by atoms with E-state index in [0.717, 1.165) is 36.8 Å². The molecule has 1 aromatic rings. The van der Waals surface area contributed by atoms with Gasteiger partial charge in [0, 0.05) is 13.1 Å². The van der Waals surface area contributed by atoms with E-state index in [0.29, 0.717) is 10.8 Å². The predicted octanol–water partition coefficient (Wildman–Crippen LogP) is 3.10. The van der Waals surface area contributed by atoms with Crippen LogP contribution in [0.3, 0.4) is 0 Å². The summed E-state index contributed by atoms with van der Waals surface area (Å²) in [6, 6.07) is 3.16. The van der Waals surface area contributed by atoms with Gasteiger partial charge in [0.15, 0.2) is 0 Å². The highest BCUT2D eigenvalue weighted by atomic mass is 32.1. The molecule has 2 fully saturated rings. The van der Waals surface area contributed by atoms with Gasteiger partial charge in [0.05, 0.1) is 4.88 Å². The number of fused-ring (bicyclic) bond motifs is 1. The van der Waals surface area contributed by atoms with Crippen LogP contribution in [0.4, 0.5) is 0 Å². The van der Waals surface area contributed by atoms with Crippen LogP contribution in [-0.4, -0.2) is 35.0 Å². The van der Waals surface area contributed by atoms with Crippen molar-refractivity contribution in [1.29, 1.82) is 0 Å². The van der Waals surface area contributed by atoms with Gasteiger partial charge in [0.25, 0.3) is 5.91 Å². The minimum absolute atomic E-state index is 0.00604. The van der Waals surface area contributed by atoms with Crippen molar-refractivity contribution in [3.8, 4) is 0 Å². The van der Waals surface area contributed by atoms with E-state index in [1.807, 2.05) is 4.90 Å². The first kappa shape index (κ1) is 13.6. The molecule has 5 heteroatoms. The fourth-order valence-corrected chi connectivity index (χ4v) is 4.32. The minimum Gasteiger partial charge on any atom is -0.477 e. The quantitative estimate of drug-likeness (QED) is 0.911. The van der Waals surface area contributed by atoms with Crippen molar-refractivity contribution >= 4 is 23.2 Å². The van der Waals surface area contributed by atoms with Crippen LogP contribution in [0.2, 0.25) is 0 Å². The Bertz CT molecular complexity index is 525. The van der Waals surface area contributed by atoms with Gasteiger partial charge in [-0.2, -0.15) is 0 Å². The minimum atomic E-state index is -0.958. The first-order valence-electron chi connectivity index (χ1n) is 7.27. The summed E-state index contributed by atoms with van der Waals surface area (Å²) in [6.45, 7) is 1.67. The molecule has 0 radical (unpaired) electrons. The van der Waals surface area contributed by atoms with Gasteiger partial charge in [-0.05, 0) is 36.8 Å². The van der Waals surface area contributed by atoms with Gasteiger partial charge in [-0.25, -0.2) is 4.79 Å². The summed E-state index contributed by atoms with van der Waals surface area (Å²) in [7, 11) is 0. The Hall–Kier alpha value is -1.36. The van der Waals surface area contributed by atoms with Crippen molar-refractivity contribution in [2.45, 2.75) is 32.1 Å². The Morgan fingerprint density at radius 1 is 1.10 bits per heavy atom. The van der Waals surface area contributed by atoms with Crippen molar-refractivity contribution in [3.05, 3.63) is 21.9 Å². The van der Waals surface area contributed by atoms with Crippen molar-refractivity contribution in [2.75, 3.05) is 13.1 Å². The van der Waals surface area contributed by atoms with E-state index < -0.39 is 5.97 Å². The molecular weight excluding hydrogens is 274 g/mol. The Morgan fingerprint density at radius 2 is 1.80 bits per heavy atom. The molecule has 0 spiro atoms. The summed E-state index contributed by atoms with van der Waals surface area (Å²) in [6.07, 6.45) is 6.27. The fourth-order valence-electron chi connectivity index (χ4n) is 3.51. The number of nitrogens with zero attached hydrogens (tertiary/aromatic N) is 1. The maximum Gasteiger partial charge on any atom is 0.345 e. The molecule has 4 nitrogen and oxygen atoms in total. The molecule has 2 atom stereocenters. The Morgan fingerprint density at radius 3 is 2.50 bits per heavy atom. The number of piperidine rings is 1. The van der Waals surface area contributed by atoms with Crippen LogP contribution in [0, 0.1) is 11.8 Å². The van der Waals surface area contributed by atoms with E-state index in [2.05, 4.69) is 0 Å². The number of aromatic carboxylic acids is 1. The normalized spacial score (nSPS) is 26.1. The van der Waals surface area contributed by atoms with Crippen molar-refractivity contribution in [1.82, 2.24) is 4.90 Å². The van der Waals surface area contributed by atoms with Crippen molar-refractivity contribution in [2.24, 2.45) is 11.8 Å². The third kappa shape index (κ3) is 2.59. The average molecular weight is 293 g/mol. The fraction of sp³-hybridized carbons (Fsp3) is 0.600. The highest BCUT2D eigenvalue weighted by Crippen LogP contribution is 2.36. The molecule has 108 valence electrons. The largest absolute Gasteiger partial charge is 0.477 e. The first-order valence-corrected chi connectivity index (χ1v) is 8.09. The lowest BCUT2D eigenvalue weighted by molar-refractivity contribution is 0.0525. The lowest BCUT2D eigenvalue weighted by atomic mass is 9.75. The molecule has 2 aliphatic rings. The summed E-state index contributed by atoms with van der Waals surface area (Å²) in [5, 5.41) is 8.93. The number of likely N-dealkylation sites (tertiary alicyclic amines) is 1. The molecule has 3 rings (SSSR count). The van der Waals surface area contributed by atoms with Crippen molar-refractivity contribution in [3.63, 3.8) is 0 Å². The van der Waals surface area contributed by atoms with Crippen LogP contribution in [0.15, 0.2) is 12.1 Å². The number of thiophene rings is 1. The van der Waals surface area contributed by atoms with E-state index in [4.69, 9.17) is 5.11 Å². The van der Waals surface area contributed by atoms with Gasteiger partial charge in [-0.15, -0.1) is 11.3 Å². The number of carboxylic acid groups (broad SMARTS) is 1. The number of carbonyl (C=O) groups excluding carboxylic acids is 1. The maximum absolute atomic E-state index is 12.5. The Kier molecular flexibility index (Phi) is 3.78. The topological polar surface area (TPSA) is 57.6 Å². The first-order chi connectivity index (χ1) is 9.65. The molecule has 1 saturated heterocycles. The van der Waals surface area contributed by atoms with E-state index in [9.17, 15) is 9.59 Å². The molecule has 1 N–H and O–H groups in total. The van der Waals surface area contributed by atoms with E-state index in [1.165, 1.54) is 31.7 Å². The van der Waals surface area contributed by atoms with Crippen LogP contribution in [0.5, 0.6) is 0 Å². The highest BCUT2D eigenvalue weighted by Gasteiger charge is 2.33. The average Bonchev–Trinajstić information content (AvgIpc) is 2.96. The van der Waals surface area contributed by atoms with E-state index in [-0.39, 0.29) is 10.8 Å². The maximum atomic E-state index is 12.5.